The second kappa shape index (κ2) is 2.72. The summed E-state index contributed by atoms with van der Waals surface area (Å²) in [6.45, 7) is 0. The molecular weight excluding hydrogens is 136 g/mol. The third kappa shape index (κ3) is 1.66. The van der Waals surface area contributed by atoms with Crippen LogP contribution < -0.4 is 5.43 Å². The van der Waals surface area contributed by atoms with E-state index in [9.17, 15) is 10.1 Å². The molecule has 0 aliphatic heterocycles. The molecule has 6 heteroatoms. The largest absolute Gasteiger partial charge is 0.235 e. The fraction of sp³-hybridized carbons (Fsp3) is 0. The van der Waals surface area contributed by atoms with E-state index in [1.165, 1.54) is 18.5 Å². The summed E-state index contributed by atoms with van der Waals surface area (Å²) in [6.07, 6.45) is 2.63. The monoisotopic (exact) mass is 140 g/mol. The van der Waals surface area contributed by atoms with Gasteiger partial charge in [-0.3, -0.25) is 0 Å². The Morgan fingerprint density at radius 2 is 2.40 bits per heavy atom. The predicted molar refractivity (Wildman–Crippen MR) is 32.6 cm³/mol. The molecule has 0 bridgehead atoms. The van der Waals surface area contributed by atoms with Gasteiger partial charge in [-0.05, 0) is 6.07 Å². The van der Waals surface area contributed by atoms with Crippen molar-refractivity contribution >= 4 is 5.69 Å². The van der Waals surface area contributed by atoms with Crippen LogP contribution in [0, 0.1) is 10.1 Å². The van der Waals surface area contributed by atoms with Crippen molar-refractivity contribution in [1.82, 2.24) is 10.2 Å². The SMILES string of the molecule is O=[N+]([O-])Nc1ccnnc1. The Balaban J connectivity index is 2.67. The van der Waals surface area contributed by atoms with Gasteiger partial charge in [-0.25, -0.2) is 10.1 Å². The van der Waals surface area contributed by atoms with Crippen LogP contribution in [0.2, 0.25) is 0 Å². The molecule has 0 unspecified atom stereocenters. The third-order valence-corrected chi connectivity index (χ3v) is 0.805. The molecule has 0 amide bonds. The summed E-state index contributed by atoms with van der Waals surface area (Å²) in [5.41, 5.74) is 2.24. The summed E-state index contributed by atoms with van der Waals surface area (Å²) >= 11 is 0. The summed E-state index contributed by atoms with van der Waals surface area (Å²) in [6, 6.07) is 1.45. The fourth-order valence-corrected chi connectivity index (χ4v) is 0.462. The molecule has 0 fully saturated rings. The lowest BCUT2D eigenvalue weighted by atomic mass is 10.5. The number of anilines is 1. The van der Waals surface area contributed by atoms with Gasteiger partial charge < -0.3 is 0 Å². The normalized spacial score (nSPS) is 8.80. The van der Waals surface area contributed by atoms with E-state index in [4.69, 9.17) is 0 Å². The molecule has 1 heterocycles. The predicted octanol–water partition coefficient (Wildman–Crippen LogP) is 0.0802. The molecule has 10 heavy (non-hydrogen) atoms. The van der Waals surface area contributed by atoms with Gasteiger partial charge in [0.25, 0.3) is 0 Å². The maximum Gasteiger partial charge on any atom is 0.162 e. The van der Waals surface area contributed by atoms with Crippen LogP contribution >= 0.6 is 0 Å². The Hall–Kier alpha value is -1.72. The average molecular weight is 140 g/mol. The summed E-state index contributed by atoms with van der Waals surface area (Å²) < 4.78 is 0. The van der Waals surface area contributed by atoms with Gasteiger partial charge in [0.15, 0.2) is 5.03 Å². The van der Waals surface area contributed by atoms with E-state index in [1.54, 1.807) is 0 Å². The van der Waals surface area contributed by atoms with Gasteiger partial charge in [0.1, 0.15) is 5.69 Å². The van der Waals surface area contributed by atoms with E-state index in [-0.39, 0.29) is 0 Å². The second-order valence-electron chi connectivity index (χ2n) is 1.50. The van der Waals surface area contributed by atoms with Gasteiger partial charge in [0.05, 0.1) is 12.4 Å². The molecule has 0 spiro atoms. The Bertz CT molecular complexity index is 224. The second-order valence-corrected chi connectivity index (χ2v) is 1.50. The zero-order chi connectivity index (χ0) is 7.40. The quantitative estimate of drug-likeness (QED) is 0.464. The minimum Gasteiger partial charge on any atom is -0.235 e. The number of nitrogens with zero attached hydrogens (tertiary/aromatic N) is 3. The summed E-state index contributed by atoms with van der Waals surface area (Å²) in [5, 5.41) is 16.0. The molecular formula is C4H4N4O2. The van der Waals surface area contributed by atoms with Crippen LogP contribution in [0.25, 0.3) is 0 Å². The number of aromatic nitrogens is 2. The molecule has 1 aromatic heterocycles. The Kier molecular flexibility index (Phi) is 1.74. The highest BCUT2D eigenvalue weighted by Crippen LogP contribution is 1.98. The minimum atomic E-state index is -0.656. The number of nitro groups is 1. The Labute approximate surface area is 56.0 Å². The molecule has 1 rings (SSSR count). The first-order valence-corrected chi connectivity index (χ1v) is 2.47. The van der Waals surface area contributed by atoms with Gasteiger partial charge in [0, 0.05) is 0 Å². The summed E-state index contributed by atoms with van der Waals surface area (Å²) in [4.78, 5) is 9.81. The van der Waals surface area contributed by atoms with Crippen molar-refractivity contribution in [2.75, 3.05) is 5.43 Å². The van der Waals surface area contributed by atoms with Gasteiger partial charge >= 0.3 is 0 Å². The van der Waals surface area contributed by atoms with Crippen molar-refractivity contribution in [2.45, 2.75) is 0 Å². The third-order valence-electron chi connectivity index (χ3n) is 0.805. The van der Waals surface area contributed by atoms with Crippen molar-refractivity contribution in [2.24, 2.45) is 0 Å². The van der Waals surface area contributed by atoms with Crippen molar-refractivity contribution in [3.63, 3.8) is 0 Å². The first-order chi connectivity index (χ1) is 4.79. The molecule has 0 aliphatic carbocycles. The van der Waals surface area contributed by atoms with Crippen LogP contribution in [-0.4, -0.2) is 15.2 Å². The zero-order valence-electron chi connectivity index (χ0n) is 4.89. The van der Waals surface area contributed by atoms with E-state index in [2.05, 4.69) is 10.2 Å². The van der Waals surface area contributed by atoms with Gasteiger partial charge in [-0.15, -0.1) is 5.43 Å². The topological polar surface area (TPSA) is 81.0 Å². The van der Waals surface area contributed by atoms with Crippen molar-refractivity contribution in [3.05, 3.63) is 28.6 Å². The molecule has 52 valence electrons. The molecule has 0 aromatic carbocycles. The number of hydrogen-bond donors (Lipinski definition) is 1. The van der Waals surface area contributed by atoms with Crippen LogP contribution in [0.4, 0.5) is 5.69 Å². The lowest BCUT2D eigenvalue weighted by molar-refractivity contribution is -0.445. The lowest BCUT2D eigenvalue weighted by Crippen LogP contribution is -2.07. The standard InChI is InChI=1S/C4H4N4O2/c9-8(10)7-4-1-2-5-6-3-4/h1-3H,(H,5,7). The number of nitrogens with one attached hydrogen (secondary N) is 1. The first kappa shape index (κ1) is 6.40. The van der Waals surface area contributed by atoms with Crippen LogP contribution in [0.3, 0.4) is 0 Å². The number of rotatable bonds is 2. The van der Waals surface area contributed by atoms with E-state index in [0.717, 1.165) is 0 Å². The van der Waals surface area contributed by atoms with Crippen molar-refractivity contribution in [1.29, 1.82) is 0 Å². The van der Waals surface area contributed by atoms with E-state index in [0.29, 0.717) is 5.69 Å². The molecule has 1 aromatic rings. The molecule has 0 saturated carbocycles. The van der Waals surface area contributed by atoms with Gasteiger partial charge in [0.2, 0.25) is 0 Å². The molecule has 6 nitrogen and oxygen atoms in total. The van der Waals surface area contributed by atoms with Crippen LogP contribution in [0.15, 0.2) is 18.5 Å². The summed E-state index contributed by atoms with van der Waals surface area (Å²) in [7, 11) is 0. The highest BCUT2D eigenvalue weighted by Gasteiger charge is 1.95. The molecule has 0 saturated heterocycles. The van der Waals surface area contributed by atoms with Crippen LogP contribution in [0.1, 0.15) is 0 Å². The van der Waals surface area contributed by atoms with Crippen LogP contribution in [0.5, 0.6) is 0 Å². The zero-order valence-corrected chi connectivity index (χ0v) is 4.89. The molecule has 1 N–H and O–H groups in total. The number of hydrazine groups is 1. The van der Waals surface area contributed by atoms with Crippen molar-refractivity contribution < 1.29 is 5.03 Å². The first-order valence-electron chi connectivity index (χ1n) is 2.47. The molecule has 0 radical (unpaired) electrons. The maximum absolute atomic E-state index is 9.81. The maximum atomic E-state index is 9.81. The van der Waals surface area contributed by atoms with Crippen molar-refractivity contribution in [3.8, 4) is 0 Å². The fourth-order valence-electron chi connectivity index (χ4n) is 0.462. The van der Waals surface area contributed by atoms with Crippen LogP contribution in [-0.2, 0) is 0 Å². The smallest absolute Gasteiger partial charge is 0.162 e. The van der Waals surface area contributed by atoms with Gasteiger partial charge in [-0.1, -0.05) is 0 Å². The highest BCUT2D eigenvalue weighted by molar-refractivity contribution is 5.35. The molecule has 0 aliphatic rings. The lowest BCUT2D eigenvalue weighted by Gasteiger charge is -1.91. The number of hydrogen-bond acceptors (Lipinski definition) is 4. The minimum absolute atomic E-state index is 0.319. The Morgan fingerprint density at radius 3 is 2.90 bits per heavy atom. The van der Waals surface area contributed by atoms with E-state index in [1.807, 2.05) is 5.43 Å². The van der Waals surface area contributed by atoms with Gasteiger partial charge in [-0.2, -0.15) is 10.2 Å². The average Bonchev–Trinajstić information content (AvgIpc) is 1.88. The highest BCUT2D eigenvalue weighted by atomic mass is 16.7. The van der Waals surface area contributed by atoms with E-state index < -0.39 is 5.03 Å². The molecule has 0 atom stereocenters. The summed E-state index contributed by atoms with van der Waals surface area (Å²) in [5.74, 6) is 0. The van der Waals surface area contributed by atoms with E-state index >= 15 is 0 Å². The Morgan fingerprint density at radius 1 is 1.60 bits per heavy atom.